The van der Waals surface area contributed by atoms with Crippen molar-refractivity contribution >= 4 is 39.9 Å². The van der Waals surface area contributed by atoms with Crippen molar-refractivity contribution in [2.75, 3.05) is 23.3 Å². The lowest BCUT2D eigenvalue weighted by molar-refractivity contribution is -0.124. The molecule has 1 N–H and O–H groups in total. The Morgan fingerprint density at radius 1 is 0.967 bits per heavy atom. The lowest BCUT2D eigenvalue weighted by Gasteiger charge is -2.25. The summed E-state index contributed by atoms with van der Waals surface area (Å²) in [5, 5.41) is 4.91. The van der Waals surface area contributed by atoms with Gasteiger partial charge in [0.2, 0.25) is 11.8 Å². The highest BCUT2D eigenvalue weighted by Gasteiger charge is 2.42. The zero-order chi connectivity index (χ0) is 20.7. The van der Waals surface area contributed by atoms with Crippen LogP contribution in [0.3, 0.4) is 0 Å². The topological polar surface area (TPSA) is 69.7 Å². The number of carbonyl (C=O) groups excluding carboxylic acids is 3. The second-order valence-corrected chi connectivity index (χ2v) is 7.67. The van der Waals surface area contributed by atoms with Gasteiger partial charge in [-0.3, -0.25) is 14.4 Å². The van der Waals surface area contributed by atoms with Gasteiger partial charge in [-0.15, -0.1) is 0 Å². The predicted octanol–water partition coefficient (Wildman–Crippen LogP) is 3.43. The summed E-state index contributed by atoms with van der Waals surface area (Å²) in [6.45, 7) is 0.427. The van der Waals surface area contributed by atoms with Gasteiger partial charge in [-0.2, -0.15) is 0 Å². The van der Waals surface area contributed by atoms with E-state index in [-0.39, 0.29) is 24.3 Å². The first-order chi connectivity index (χ1) is 14.6. The Balaban J connectivity index is 1.47. The van der Waals surface area contributed by atoms with E-state index in [2.05, 4.69) is 5.32 Å². The number of rotatable bonds is 3. The van der Waals surface area contributed by atoms with Crippen LogP contribution in [0.2, 0.25) is 0 Å². The van der Waals surface area contributed by atoms with Gasteiger partial charge in [0.15, 0.2) is 0 Å². The van der Waals surface area contributed by atoms with Crippen LogP contribution in [0.1, 0.15) is 23.2 Å². The monoisotopic (exact) mass is 399 g/mol. The largest absolute Gasteiger partial charge is 0.327 e. The van der Waals surface area contributed by atoms with Crippen molar-refractivity contribution in [3.05, 3.63) is 72.3 Å². The van der Waals surface area contributed by atoms with Gasteiger partial charge in [0, 0.05) is 17.6 Å². The number of nitrogens with zero attached hydrogens (tertiary/aromatic N) is 2. The lowest BCUT2D eigenvalue weighted by Crippen LogP contribution is -2.47. The second kappa shape index (κ2) is 7.30. The smallest absolute Gasteiger partial charge is 0.256 e. The molecule has 6 nitrogen and oxygen atoms in total. The lowest BCUT2D eigenvalue weighted by atomic mass is 10.1. The Bertz CT molecular complexity index is 1170. The van der Waals surface area contributed by atoms with E-state index < -0.39 is 6.04 Å². The van der Waals surface area contributed by atoms with Gasteiger partial charge in [-0.05, 0) is 36.4 Å². The van der Waals surface area contributed by atoms with E-state index in [1.807, 2.05) is 42.5 Å². The molecular weight excluding hydrogens is 378 g/mol. The molecular formula is C24H21N3O3. The van der Waals surface area contributed by atoms with Crippen molar-refractivity contribution in [2.24, 2.45) is 0 Å². The number of amides is 3. The third-order valence-electron chi connectivity index (χ3n) is 5.86. The van der Waals surface area contributed by atoms with E-state index in [1.165, 1.54) is 4.90 Å². The summed E-state index contributed by atoms with van der Waals surface area (Å²) in [5.74, 6) is -0.634. The molecule has 5 rings (SSSR count). The minimum absolute atomic E-state index is 0.140. The maximum absolute atomic E-state index is 13.3. The van der Waals surface area contributed by atoms with Gasteiger partial charge in [-0.25, -0.2) is 0 Å². The highest BCUT2D eigenvalue weighted by atomic mass is 16.2. The first-order valence-electron chi connectivity index (χ1n) is 10.1. The van der Waals surface area contributed by atoms with Gasteiger partial charge in [0.25, 0.3) is 5.91 Å². The Labute approximate surface area is 174 Å². The Kier molecular flexibility index (Phi) is 4.47. The van der Waals surface area contributed by atoms with Gasteiger partial charge in [-0.1, -0.05) is 48.5 Å². The average Bonchev–Trinajstić information content (AvgIpc) is 3.24. The fraction of sp³-hybridized carbons (Fsp3) is 0.208. The standard InChI is InChI=1S/C24H21N3O3/c28-22(25-19-11-5-8-16-7-1-2-9-17(16)19)15-27-20-12-4-3-10-18(20)23(29)26-14-6-13-21(26)24(27)30/h1-5,7-12,21H,6,13-15H2,(H,25,28)/t21-/m0/s1. The molecule has 0 radical (unpaired) electrons. The molecule has 0 aromatic heterocycles. The van der Waals surface area contributed by atoms with E-state index in [1.54, 1.807) is 29.2 Å². The zero-order valence-corrected chi connectivity index (χ0v) is 16.4. The third-order valence-corrected chi connectivity index (χ3v) is 5.86. The molecule has 2 aliphatic heterocycles. The molecule has 3 aromatic rings. The van der Waals surface area contributed by atoms with Crippen LogP contribution in [0.5, 0.6) is 0 Å². The van der Waals surface area contributed by atoms with Gasteiger partial charge in [0.05, 0.1) is 11.3 Å². The molecule has 0 spiro atoms. The normalized spacial score (nSPS) is 18.2. The fourth-order valence-corrected chi connectivity index (χ4v) is 4.44. The highest BCUT2D eigenvalue weighted by molar-refractivity contribution is 6.14. The van der Waals surface area contributed by atoms with Crippen molar-refractivity contribution < 1.29 is 14.4 Å². The molecule has 0 saturated carbocycles. The van der Waals surface area contributed by atoms with E-state index in [0.29, 0.717) is 29.9 Å². The molecule has 2 aliphatic rings. The molecule has 2 heterocycles. The van der Waals surface area contributed by atoms with Crippen LogP contribution in [-0.2, 0) is 9.59 Å². The van der Waals surface area contributed by atoms with E-state index in [9.17, 15) is 14.4 Å². The van der Waals surface area contributed by atoms with E-state index >= 15 is 0 Å². The Morgan fingerprint density at radius 3 is 2.63 bits per heavy atom. The maximum Gasteiger partial charge on any atom is 0.256 e. The van der Waals surface area contributed by atoms with Crippen LogP contribution in [0.15, 0.2) is 66.7 Å². The molecule has 1 fully saturated rings. The Hall–Kier alpha value is -3.67. The number of hydrogen-bond acceptors (Lipinski definition) is 3. The minimum atomic E-state index is -0.504. The summed E-state index contributed by atoms with van der Waals surface area (Å²) < 4.78 is 0. The predicted molar refractivity (Wildman–Crippen MR) is 115 cm³/mol. The van der Waals surface area contributed by atoms with E-state index in [0.717, 1.165) is 17.2 Å². The fourth-order valence-electron chi connectivity index (χ4n) is 4.44. The number of carbonyl (C=O) groups is 3. The first kappa shape index (κ1) is 18.4. The zero-order valence-electron chi connectivity index (χ0n) is 16.4. The van der Waals surface area contributed by atoms with Gasteiger partial charge >= 0.3 is 0 Å². The molecule has 0 bridgehead atoms. The second-order valence-electron chi connectivity index (χ2n) is 7.67. The molecule has 0 unspecified atom stereocenters. The molecule has 3 amide bonds. The van der Waals surface area contributed by atoms with Crippen molar-refractivity contribution in [1.82, 2.24) is 4.90 Å². The SMILES string of the molecule is O=C(CN1C(=O)[C@@H]2CCCN2C(=O)c2ccccc21)Nc1cccc2ccccc12. The summed E-state index contributed by atoms with van der Waals surface area (Å²) in [5.41, 5.74) is 1.66. The molecule has 3 aromatic carbocycles. The van der Waals surface area contributed by atoms with Crippen LogP contribution in [0.25, 0.3) is 10.8 Å². The van der Waals surface area contributed by atoms with Crippen LogP contribution in [0.4, 0.5) is 11.4 Å². The summed E-state index contributed by atoms with van der Waals surface area (Å²) in [6.07, 6.45) is 1.42. The summed E-state index contributed by atoms with van der Waals surface area (Å²) in [7, 11) is 0. The molecule has 1 atom stereocenters. The van der Waals surface area contributed by atoms with Crippen LogP contribution >= 0.6 is 0 Å². The van der Waals surface area contributed by atoms with Crippen LogP contribution in [0, 0.1) is 0 Å². The summed E-state index contributed by atoms with van der Waals surface area (Å²) >= 11 is 0. The van der Waals surface area contributed by atoms with Crippen molar-refractivity contribution in [3.8, 4) is 0 Å². The maximum atomic E-state index is 13.3. The first-order valence-corrected chi connectivity index (χ1v) is 10.1. The van der Waals surface area contributed by atoms with Crippen LogP contribution in [-0.4, -0.2) is 41.8 Å². The molecule has 150 valence electrons. The van der Waals surface area contributed by atoms with Gasteiger partial charge < -0.3 is 15.1 Å². The number of para-hydroxylation sites is 1. The quantitative estimate of drug-likeness (QED) is 0.734. The summed E-state index contributed by atoms with van der Waals surface area (Å²) in [4.78, 5) is 42.3. The third kappa shape index (κ3) is 3.01. The number of hydrogen-bond donors (Lipinski definition) is 1. The molecule has 6 heteroatoms. The highest BCUT2D eigenvalue weighted by Crippen LogP contribution is 2.32. The molecule has 1 saturated heterocycles. The number of nitrogens with one attached hydrogen (secondary N) is 1. The van der Waals surface area contributed by atoms with Crippen molar-refractivity contribution in [3.63, 3.8) is 0 Å². The van der Waals surface area contributed by atoms with Crippen LogP contribution < -0.4 is 10.2 Å². The number of anilines is 2. The van der Waals surface area contributed by atoms with Gasteiger partial charge in [0.1, 0.15) is 12.6 Å². The molecule has 0 aliphatic carbocycles. The molecule has 30 heavy (non-hydrogen) atoms. The van der Waals surface area contributed by atoms with Crippen molar-refractivity contribution in [1.29, 1.82) is 0 Å². The van der Waals surface area contributed by atoms with Crippen molar-refractivity contribution in [2.45, 2.75) is 18.9 Å². The average molecular weight is 399 g/mol. The minimum Gasteiger partial charge on any atom is -0.327 e. The van der Waals surface area contributed by atoms with E-state index in [4.69, 9.17) is 0 Å². The number of benzene rings is 3. The number of fused-ring (bicyclic) bond motifs is 3. The Morgan fingerprint density at radius 2 is 1.73 bits per heavy atom. The summed E-state index contributed by atoms with van der Waals surface area (Å²) in [6, 6.07) is 20.1.